The van der Waals surface area contributed by atoms with Gasteiger partial charge >= 0.3 is 18.2 Å². The smallest absolute Gasteiger partial charge is 0.289 e. The standard InChI is InChI=1S/C6H2F10O2/c7-1-3(8,5(10,11)12)2(17)4(9,18-16)6(13,14)15/h1H2. The monoisotopic (exact) mass is 296 g/mol. The molecule has 2 nitrogen and oxygen atoms in total. The molecule has 0 aromatic heterocycles. The number of rotatable bonds is 4. The number of hydrogen-bond acceptors (Lipinski definition) is 2. The molecule has 0 fully saturated rings. The molecule has 108 valence electrons. The zero-order valence-electron chi connectivity index (χ0n) is 7.80. The highest BCUT2D eigenvalue weighted by Crippen LogP contribution is 2.45. The third kappa shape index (κ3) is 2.37. The summed E-state index contributed by atoms with van der Waals surface area (Å²) in [6.07, 6.45) is -13.2. The normalized spacial score (nSPS) is 20.1. The van der Waals surface area contributed by atoms with Gasteiger partial charge in [0.1, 0.15) is 6.67 Å². The van der Waals surface area contributed by atoms with Gasteiger partial charge in [-0.3, -0.25) is 4.79 Å². The number of carbonyl (C=O) groups excluding carboxylic acids is 1. The fourth-order valence-corrected chi connectivity index (χ4v) is 0.728. The minimum Gasteiger partial charge on any atom is -0.289 e. The lowest BCUT2D eigenvalue weighted by Crippen LogP contribution is -2.62. The summed E-state index contributed by atoms with van der Waals surface area (Å²) < 4.78 is 120. The van der Waals surface area contributed by atoms with Crippen molar-refractivity contribution in [2.45, 2.75) is 23.9 Å². The summed E-state index contributed by atoms with van der Waals surface area (Å²) in [5.41, 5.74) is -5.89. The molecule has 0 N–H and O–H groups in total. The van der Waals surface area contributed by atoms with Gasteiger partial charge in [-0.15, -0.1) is 4.94 Å². The first kappa shape index (κ1) is 16.9. The number of alkyl halides is 9. The zero-order chi connectivity index (χ0) is 15.0. The molecule has 0 aliphatic carbocycles. The van der Waals surface area contributed by atoms with Crippen LogP contribution in [0.4, 0.5) is 44.0 Å². The topological polar surface area (TPSA) is 26.3 Å². The lowest BCUT2D eigenvalue weighted by Gasteiger charge is -2.29. The maximum absolute atomic E-state index is 12.8. The van der Waals surface area contributed by atoms with E-state index in [-0.39, 0.29) is 0 Å². The highest BCUT2D eigenvalue weighted by atomic mass is 19.4. The molecule has 0 spiro atoms. The van der Waals surface area contributed by atoms with Crippen molar-refractivity contribution in [1.29, 1.82) is 0 Å². The number of halogens is 10. The van der Waals surface area contributed by atoms with Crippen molar-refractivity contribution in [1.82, 2.24) is 0 Å². The van der Waals surface area contributed by atoms with E-state index in [1.807, 2.05) is 0 Å². The summed E-state index contributed by atoms with van der Waals surface area (Å²) in [7, 11) is 0. The highest BCUT2D eigenvalue weighted by molar-refractivity contribution is 5.95. The van der Waals surface area contributed by atoms with E-state index >= 15 is 0 Å². The summed E-state index contributed by atoms with van der Waals surface area (Å²) in [5.74, 6) is -10.4. The minimum atomic E-state index is -6.67. The number of hydrogen-bond donors (Lipinski definition) is 0. The van der Waals surface area contributed by atoms with Crippen LogP contribution in [0.2, 0.25) is 0 Å². The Labute approximate surface area is 91.4 Å². The van der Waals surface area contributed by atoms with Gasteiger partial charge in [-0.2, -0.15) is 30.7 Å². The van der Waals surface area contributed by atoms with Crippen molar-refractivity contribution in [3.05, 3.63) is 0 Å². The first-order valence-corrected chi connectivity index (χ1v) is 3.70. The second kappa shape index (κ2) is 4.55. The Morgan fingerprint density at radius 2 is 1.28 bits per heavy atom. The van der Waals surface area contributed by atoms with Gasteiger partial charge in [-0.25, -0.2) is 8.78 Å². The van der Waals surface area contributed by atoms with E-state index < -0.39 is 36.3 Å². The van der Waals surface area contributed by atoms with Crippen molar-refractivity contribution < 1.29 is 53.8 Å². The van der Waals surface area contributed by atoms with Crippen LogP contribution >= 0.6 is 0 Å². The van der Waals surface area contributed by atoms with Crippen LogP contribution in [0, 0.1) is 0 Å². The van der Waals surface area contributed by atoms with Crippen molar-refractivity contribution in [3.63, 3.8) is 0 Å². The molecule has 0 aliphatic rings. The third-order valence-corrected chi connectivity index (χ3v) is 1.76. The van der Waals surface area contributed by atoms with Crippen LogP contribution in [0.5, 0.6) is 0 Å². The molecule has 0 rings (SSSR count). The van der Waals surface area contributed by atoms with E-state index in [0.29, 0.717) is 0 Å². The maximum Gasteiger partial charge on any atom is 0.459 e. The van der Waals surface area contributed by atoms with Crippen molar-refractivity contribution in [3.8, 4) is 0 Å². The van der Waals surface area contributed by atoms with Crippen LogP contribution < -0.4 is 0 Å². The Kier molecular flexibility index (Phi) is 4.28. The minimum absolute atomic E-state index is 1.46. The number of carbonyl (C=O) groups is 1. The molecule has 0 heterocycles. The average molecular weight is 296 g/mol. The Hall–Kier alpha value is -1.07. The summed E-state index contributed by atoms with van der Waals surface area (Å²) in [4.78, 5) is 11.9. The molecule has 0 saturated carbocycles. The Bertz CT molecular complexity index is 291. The molecular weight excluding hydrogens is 294 g/mol. The molecule has 0 aromatic rings. The molecule has 0 saturated heterocycles. The fourth-order valence-electron chi connectivity index (χ4n) is 0.728. The van der Waals surface area contributed by atoms with Crippen LogP contribution in [0.1, 0.15) is 0 Å². The van der Waals surface area contributed by atoms with Gasteiger partial charge in [0.25, 0.3) is 11.5 Å². The van der Waals surface area contributed by atoms with E-state index in [0.717, 1.165) is 0 Å². The second-order valence-corrected chi connectivity index (χ2v) is 2.93. The summed E-state index contributed by atoms with van der Waals surface area (Å²) in [5, 5.41) is 0. The molecule has 0 amide bonds. The van der Waals surface area contributed by atoms with E-state index in [2.05, 4.69) is 0 Å². The summed E-state index contributed by atoms with van der Waals surface area (Å²) in [6, 6.07) is 0. The summed E-state index contributed by atoms with van der Waals surface area (Å²) in [6.45, 7) is -3.37. The lowest BCUT2D eigenvalue weighted by molar-refractivity contribution is -0.387. The van der Waals surface area contributed by atoms with Gasteiger partial charge in [-0.05, 0) is 4.53 Å². The van der Waals surface area contributed by atoms with Crippen LogP contribution in [-0.2, 0) is 9.74 Å². The first-order chi connectivity index (χ1) is 7.78. The van der Waals surface area contributed by atoms with Crippen molar-refractivity contribution >= 4 is 5.78 Å². The van der Waals surface area contributed by atoms with Crippen molar-refractivity contribution in [2.75, 3.05) is 6.67 Å². The third-order valence-electron chi connectivity index (χ3n) is 1.76. The predicted octanol–water partition coefficient (Wildman–Crippen LogP) is 2.92. The van der Waals surface area contributed by atoms with Gasteiger partial charge < -0.3 is 0 Å². The highest BCUT2D eigenvalue weighted by Gasteiger charge is 2.76. The molecule has 0 aliphatic heterocycles. The maximum atomic E-state index is 12.8. The van der Waals surface area contributed by atoms with Gasteiger partial charge in [0.2, 0.25) is 0 Å². The van der Waals surface area contributed by atoms with Crippen LogP contribution in [0.25, 0.3) is 0 Å². The average Bonchev–Trinajstić information content (AvgIpc) is 2.22. The lowest BCUT2D eigenvalue weighted by atomic mass is 9.95. The molecule has 18 heavy (non-hydrogen) atoms. The molecule has 12 heteroatoms. The van der Waals surface area contributed by atoms with Gasteiger partial charge in [0, 0.05) is 0 Å². The zero-order valence-corrected chi connectivity index (χ0v) is 7.80. The van der Waals surface area contributed by atoms with E-state index in [1.54, 1.807) is 0 Å². The largest absolute Gasteiger partial charge is 0.459 e. The van der Waals surface area contributed by atoms with Crippen molar-refractivity contribution in [2.24, 2.45) is 0 Å². The van der Waals surface area contributed by atoms with E-state index in [1.165, 1.54) is 4.94 Å². The Balaban J connectivity index is 5.76. The number of ketones is 1. The number of Topliss-reactive ketones (excluding diaryl/α,β-unsaturated/α-hetero) is 1. The second-order valence-electron chi connectivity index (χ2n) is 2.93. The van der Waals surface area contributed by atoms with E-state index in [9.17, 15) is 48.8 Å². The quantitative estimate of drug-likeness (QED) is 0.746. The van der Waals surface area contributed by atoms with Crippen LogP contribution in [0.3, 0.4) is 0 Å². The molecule has 0 radical (unpaired) electrons. The molecule has 0 aromatic carbocycles. The molecular formula is C6H2F10O2. The molecule has 2 atom stereocenters. The molecule has 0 bridgehead atoms. The van der Waals surface area contributed by atoms with Crippen LogP contribution in [0.15, 0.2) is 0 Å². The van der Waals surface area contributed by atoms with Gasteiger partial charge in [0.05, 0.1) is 0 Å². The Morgan fingerprint density at radius 3 is 1.44 bits per heavy atom. The predicted molar refractivity (Wildman–Crippen MR) is 33.0 cm³/mol. The first-order valence-electron chi connectivity index (χ1n) is 3.70. The molecule has 2 unspecified atom stereocenters. The Morgan fingerprint density at radius 1 is 0.889 bits per heavy atom. The SMILES string of the molecule is O=C(C(F)(CF)C(F)(F)F)C(F)(OF)C(F)(F)F. The van der Waals surface area contributed by atoms with E-state index in [4.69, 9.17) is 0 Å². The van der Waals surface area contributed by atoms with Gasteiger partial charge in [-0.1, -0.05) is 0 Å². The summed E-state index contributed by atoms with van der Waals surface area (Å²) >= 11 is 0. The fraction of sp³-hybridized carbons (Fsp3) is 0.833. The van der Waals surface area contributed by atoms with Crippen LogP contribution in [-0.4, -0.2) is 36.3 Å². The van der Waals surface area contributed by atoms with Gasteiger partial charge in [0.15, 0.2) is 0 Å².